The molecule has 1 heterocycles. The van der Waals surface area contributed by atoms with E-state index in [1.165, 1.54) is 0 Å². The Kier molecular flexibility index (Phi) is 4.86. The number of nitrogens with one attached hydrogen (secondary N) is 1. The summed E-state index contributed by atoms with van der Waals surface area (Å²) < 4.78 is 5.21. The summed E-state index contributed by atoms with van der Waals surface area (Å²) in [5.41, 5.74) is 0. The maximum Gasteiger partial charge on any atom is 0.320 e. The lowest BCUT2D eigenvalue weighted by molar-refractivity contribution is -0.139. The first-order valence-corrected chi connectivity index (χ1v) is 4.94. The van der Waals surface area contributed by atoms with Crippen molar-refractivity contribution in [1.29, 1.82) is 0 Å². The van der Waals surface area contributed by atoms with E-state index in [4.69, 9.17) is 9.84 Å². The Hall–Kier alpha value is -0.650. The molecule has 1 aliphatic heterocycles. The van der Waals surface area contributed by atoms with E-state index in [2.05, 4.69) is 10.2 Å². The van der Waals surface area contributed by atoms with Crippen LogP contribution in [-0.2, 0) is 9.53 Å². The fourth-order valence-electron chi connectivity index (χ4n) is 1.53. The summed E-state index contributed by atoms with van der Waals surface area (Å²) in [6.45, 7) is 4.17. The zero-order valence-electron chi connectivity index (χ0n) is 8.53. The molecular formula is C9H18N2O3. The van der Waals surface area contributed by atoms with E-state index in [0.29, 0.717) is 6.42 Å². The van der Waals surface area contributed by atoms with Crippen molar-refractivity contribution in [2.24, 2.45) is 0 Å². The molecule has 1 fully saturated rings. The Morgan fingerprint density at radius 3 is 2.71 bits per heavy atom. The Morgan fingerprint density at radius 2 is 2.21 bits per heavy atom. The number of nitrogens with zero attached hydrogens (tertiary/aromatic N) is 1. The van der Waals surface area contributed by atoms with Crippen LogP contribution in [0.3, 0.4) is 0 Å². The molecule has 0 radical (unpaired) electrons. The molecule has 0 aliphatic carbocycles. The molecule has 0 bridgehead atoms. The van der Waals surface area contributed by atoms with Gasteiger partial charge in [-0.15, -0.1) is 0 Å². The molecule has 0 aromatic heterocycles. The number of likely N-dealkylation sites (N-methyl/N-ethyl adjacent to an activating group) is 1. The average molecular weight is 202 g/mol. The third-order valence-corrected chi connectivity index (χ3v) is 2.48. The minimum Gasteiger partial charge on any atom is -0.480 e. The Morgan fingerprint density at radius 1 is 1.57 bits per heavy atom. The fraction of sp³-hybridized carbons (Fsp3) is 0.889. The van der Waals surface area contributed by atoms with Gasteiger partial charge in [0, 0.05) is 19.6 Å². The van der Waals surface area contributed by atoms with Gasteiger partial charge in [0.25, 0.3) is 0 Å². The minimum absolute atomic E-state index is 0.433. The molecule has 1 atom stereocenters. The summed E-state index contributed by atoms with van der Waals surface area (Å²) in [5, 5.41) is 11.6. The van der Waals surface area contributed by atoms with E-state index in [-0.39, 0.29) is 0 Å². The highest BCUT2D eigenvalue weighted by Gasteiger charge is 2.17. The van der Waals surface area contributed by atoms with Gasteiger partial charge < -0.3 is 15.2 Å². The van der Waals surface area contributed by atoms with E-state index in [1.54, 1.807) is 7.05 Å². The standard InChI is InChI=1S/C9H18N2O3/c1-10-8(9(12)13)2-3-11-4-6-14-7-5-11/h8,10H,2-7H2,1H3,(H,12,13)/t8-/m0/s1. The molecule has 1 aliphatic rings. The quantitative estimate of drug-likeness (QED) is 0.622. The lowest BCUT2D eigenvalue weighted by Crippen LogP contribution is -2.41. The van der Waals surface area contributed by atoms with Crippen molar-refractivity contribution in [3.05, 3.63) is 0 Å². The van der Waals surface area contributed by atoms with Crippen molar-refractivity contribution in [3.63, 3.8) is 0 Å². The Labute approximate surface area is 84.0 Å². The molecule has 2 N–H and O–H groups in total. The molecule has 1 rings (SSSR count). The van der Waals surface area contributed by atoms with Gasteiger partial charge in [0.1, 0.15) is 6.04 Å². The van der Waals surface area contributed by atoms with Crippen LogP contribution < -0.4 is 5.32 Å². The Bertz CT molecular complexity index is 181. The van der Waals surface area contributed by atoms with Crippen LogP contribution in [0.2, 0.25) is 0 Å². The van der Waals surface area contributed by atoms with Gasteiger partial charge in [-0.1, -0.05) is 0 Å². The van der Waals surface area contributed by atoms with Crippen LogP contribution in [0.15, 0.2) is 0 Å². The topological polar surface area (TPSA) is 61.8 Å². The molecule has 0 amide bonds. The molecule has 0 spiro atoms. The van der Waals surface area contributed by atoms with Crippen LogP contribution in [0.5, 0.6) is 0 Å². The molecular weight excluding hydrogens is 184 g/mol. The summed E-state index contributed by atoms with van der Waals surface area (Å²) in [5.74, 6) is -0.777. The molecule has 0 unspecified atom stereocenters. The molecule has 0 saturated carbocycles. The summed E-state index contributed by atoms with van der Waals surface area (Å²) >= 11 is 0. The maximum atomic E-state index is 10.7. The summed E-state index contributed by atoms with van der Waals surface area (Å²) in [4.78, 5) is 12.9. The first-order valence-electron chi connectivity index (χ1n) is 4.94. The van der Waals surface area contributed by atoms with Gasteiger partial charge in [-0.2, -0.15) is 0 Å². The number of carboxylic acids is 1. The average Bonchev–Trinajstić information content (AvgIpc) is 2.20. The van der Waals surface area contributed by atoms with Crippen molar-refractivity contribution in [2.75, 3.05) is 39.9 Å². The highest BCUT2D eigenvalue weighted by molar-refractivity contribution is 5.73. The van der Waals surface area contributed by atoms with Crippen LogP contribution in [0.1, 0.15) is 6.42 Å². The Balaban J connectivity index is 2.20. The summed E-state index contributed by atoms with van der Waals surface area (Å²) in [7, 11) is 1.68. The lowest BCUT2D eigenvalue weighted by Gasteiger charge is -2.27. The van der Waals surface area contributed by atoms with Crippen LogP contribution in [0.4, 0.5) is 0 Å². The van der Waals surface area contributed by atoms with Crippen LogP contribution in [0, 0.1) is 0 Å². The lowest BCUT2D eigenvalue weighted by atomic mass is 10.2. The molecule has 14 heavy (non-hydrogen) atoms. The molecule has 0 aromatic rings. The number of carboxylic acid groups (broad SMARTS) is 1. The van der Waals surface area contributed by atoms with Gasteiger partial charge >= 0.3 is 5.97 Å². The fourth-order valence-corrected chi connectivity index (χ4v) is 1.53. The third-order valence-electron chi connectivity index (χ3n) is 2.48. The maximum absolute atomic E-state index is 10.7. The second kappa shape index (κ2) is 5.95. The van der Waals surface area contributed by atoms with E-state index in [0.717, 1.165) is 32.8 Å². The number of ether oxygens (including phenoxy) is 1. The number of hydrogen-bond acceptors (Lipinski definition) is 4. The third kappa shape index (κ3) is 3.61. The zero-order chi connectivity index (χ0) is 10.4. The van der Waals surface area contributed by atoms with Crippen LogP contribution in [-0.4, -0.2) is 61.9 Å². The SMILES string of the molecule is CN[C@@H](CCN1CCOCC1)C(=O)O. The monoisotopic (exact) mass is 202 g/mol. The number of carbonyl (C=O) groups is 1. The predicted molar refractivity (Wildman–Crippen MR) is 52.4 cm³/mol. The number of aliphatic carboxylic acids is 1. The summed E-state index contributed by atoms with van der Waals surface area (Å²) in [6.07, 6.45) is 0.645. The van der Waals surface area contributed by atoms with E-state index < -0.39 is 12.0 Å². The molecule has 0 aromatic carbocycles. The van der Waals surface area contributed by atoms with E-state index in [9.17, 15) is 4.79 Å². The van der Waals surface area contributed by atoms with Gasteiger partial charge in [-0.05, 0) is 13.5 Å². The molecule has 5 heteroatoms. The normalized spacial score (nSPS) is 20.6. The first-order chi connectivity index (χ1) is 6.74. The van der Waals surface area contributed by atoms with Crippen LogP contribution >= 0.6 is 0 Å². The van der Waals surface area contributed by atoms with Gasteiger partial charge in [-0.25, -0.2) is 0 Å². The molecule has 82 valence electrons. The van der Waals surface area contributed by atoms with Crippen molar-refractivity contribution in [1.82, 2.24) is 10.2 Å². The molecule has 1 saturated heterocycles. The van der Waals surface area contributed by atoms with Gasteiger partial charge in [0.2, 0.25) is 0 Å². The second-order valence-corrected chi connectivity index (χ2v) is 3.42. The first kappa shape index (κ1) is 11.4. The molecule has 5 nitrogen and oxygen atoms in total. The number of rotatable bonds is 5. The zero-order valence-corrected chi connectivity index (χ0v) is 8.53. The van der Waals surface area contributed by atoms with Crippen molar-refractivity contribution in [3.8, 4) is 0 Å². The predicted octanol–water partition coefficient (Wildman–Crippen LogP) is -0.619. The second-order valence-electron chi connectivity index (χ2n) is 3.42. The smallest absolute Gasteiger partial charge is 0.320 e. The summed E-state index contributed by atoms with van der Waals surface area (Å²) in [6, 6.07) is -0.433. The highest BCUT2D eigenvalue weighted by atomic mass is 16.5. The highest BCUT2D eigenvalue weighted by Crippen LogP contribution is 2.00. The van der Waals surface area contributed by atoms with Crippen molar-refractivity contribution >= 4 is 5.97 Å². The van der Waals surface area contributed by atoms with Crippen LogP contribution in [0.25, 0.3) is 0 Å². The van der Waals surface area contributed by atoms with Gasteiger partial charge in [0.05, 0.1) is 13.2 Å². The van der Waals surface area contributed by atoms with Crippen molar-refractivity contribution in [2.45, 2.75) is 12.5 Å². The largest absolute Gasteiger partial charge is 0.480 e. The minimum atomic E-state index is -0.777. The van der Waals surface area contributed by atoms with Crippen molar-refractivity contribution < 1.29 is 14.6 Å². The van der Waals surface area contributed by atoms with E-state index >= 15 is 0 Å². The number of morpholine rings is 1. The van der Waals surface area contributed by atoms with E-state index in [1.807, 2.05) is 0 Å². The van der Waals surface area contributed by atoms with Gasteiger partial charge in [-0.3, -0.25) is 9.69 Å². The number of hydrogen-bond donors (Lipinski definition) is 2. The van der Waals surface area contributed by atoms with Gasteiger partial charge in [0.15, 0.2) is 0 Å².